The van der Waals surface area contributed by atoms with E-state index >= 15 is 0 Å². The van der Waals surface area contributed by atoms with Gasteiger partial charge in [0.1, 0.15) is 11.4 Å². The van der Waals surface area contributed by atoms with Gasteiger partial charge in [-0.1, -0.05) is 30.3 Å². The Morgan fingerprint density at radius 2 is 2.00 bits per heavy atom. The van der Waals surface area contributed by atoms with Crippen LogP contribution in [0.4, 0.5) is 10.6 Å². The summed E-state index contributed by atoms with van der Waals surface area (Å²) in [5.74, 6) is 0.408. The van der Waals surface area contributed by atoms with Gasteiger partial charge in [0.15, 0.2) is 0 Å². The highest BCUT2D eigenvalue weighted by atomic mass is 35.5. The Kier molecular flexibility index (Phi) is 5.30. The minimum atomic E-state index is -0.581. The molecule has 2 aromatic rings. The van der Waals surface area contributed by atoms with Gasteiger partial charge in [0.25, 0.3) is 0 Å². The molecule has 0 aliphatic carbocycles. The molecular weight excluding hydrogens is 324 g/mol. The van der Waals surface area contributed by atoms with Crippen molar-refractivity contribution in [3.8, 4) is 11.1 Å². The summed E-state index contributed by atoms with van der Waals surface area (Å²) in [4.78, 5) is 16.3. The number of benzene rings is 1. The van der Waals surface area contributed by atoms with Crippen LogP contribution in [0.15, 0.2) is 37.0 Å². The molecule has 0 saturated heterocycles. The number of nitrogens with zero attached hydrogens (tertiary/aromatic N) is 1. The number of ether oxygens (including phenoxy) is 1. The van der Waals surface area contributed by atoms with Crippen LogP contribution in [0.1, 0.15) is 31.9 Å². The molecule has 0 spiro atoms. The van der Waals surface area contributed by atoms with Crippen LogP contribution in [0.5, 0.6) is 0 Å². The van der Waals surface area contributed by atoms with Crippen LogP contribution in [0.2, 0.25) is 5.02 Å². The van der Waals surface area contributed by atoms with E-state index in [0.717, 1.165) is 22.3 Å². The van der Waals surface area contributed by atoms with Crippen molar-refractivity contribution in [2.45, 2.75) is 33.3 Å². The number of hydrogen-bond acceptors (Lipinski definition) is 3. The molecule has 1 N–H and O–H groups in total. The van der Waals surface area contributed by atoms with Gasteiger partial charge in [-0.15, -0.1) is 0 Å². The largest absolute Gasteiger partial charge is 0.444 e. The second-order valence-electron chi connectivity index (χ2n) is 6.41. The zero-order chi connectivity index (χ0) is 17.9. The number of halogens is 1. The van der Waals surface area contributed by atoms with E-state index in [-0.39, 0.29) is 0 Å². The molecule has 0 aliphatic rings. The van der Waals surface area contributed by atoms with Crippen molar-refractivity contribution in [3.05, 3.63) is 53.2 Å². The van der Waals surface area contributed by atoms with Crippen LogP contribution >= 0.6 is 11.6 Å². The summed E-state index contributed by atoms with van der Waals surface area (Å²) in [6.07, 6.45) is 2.76. The summed E-state index contributed by atoms with van der Waals surface area (Å²) in [5, 5.41) is 3.37. The van der Waals surface area contributed by atoms with Crippen molar-refractivity contribution in [1.29, 1.82) is 0 Å². The van der Waals surface area contributed by atoms with Crippen molar-refractivity contribution in [2.75, 3.05) is 5.32 Å². The maximum Gasteiger partial charge on any atom is 0.413 e. The fraction of sp³-hybridized carbons (Fsp3) is 0.263. The van der Waals surface area contributed by atoms with Gasteiger partial charge in [0.05, 0.1) is 0 Å². The van der Waals surface area contributed by atoms with Gasteiger partial charge in [-0.25, -0.2) is 9.78 Å². The first-order valence-electron chi connectivity index (χ1n) is 7.59. The number of carbonyl (C=O) groups excluding carboxylic acids is 1. The zero-order valence-corrected chi connectivity index (χ0v) is 15.1. The molecular formula is C19H21ClN2O2. The van der Waals surface area contributed by atoms with Gasteiger partial charge in [0.2, 0.25) is 0 Å². The topological polar surface area (TPSA) is 51.2 Å². The molecule has 0 radical (unpaired) electrons. The number of amides is 1. The molecule has 1 aromatic heterocycles. The molecule has 5 heteroatoms. The number of anilines is 1. The predicted molar refractivity (Wildman–Crippen MR) is 99.4 cm³/mol. The number of rotatable bonds is 3. The van der Waals surface area contributed by atoms with E-state index in [1.165, 1.54) is 0 Å². The summed E-state index contributed by atoms with van der Waals surface area (Å²) >= 11 is 6.03. The van der Waals surface area contributed by atoms with E-state index in [4.69, 9.17) is 16.3 Å². The summed E-state index contributed by atoms with van der Waals surface area (Å²) < 4.78 is 5.28. The number of carbonyl (C=O) groups is 1. The molecule has 0 fully saturated rings. The molecule has 1 heterocycles. The van der Waals surface area contributed by atoms with Gasteiger partial charge in [0, 0.05) is 16.8 Å². The fourth-order valence-electron chi connectivity index (χ4n) is 2.34. The Labute approximate surface area is 147 Å². The van der Waals surface area contributed by atoms with Crippen molar-refractivity contribution in [3.63, 3.8) is 0 Å². The van der Waals surface area contributed by atoms with Crippen LogP contribution in [-0.2, 0) is 4.74 Å². The van der Waals surface area contributed by atoms with Crippen LogP contribution < -0.4 is 5.32 Å². The second-order valence-corrected chi connectivity index (χ2v) is 6.85. The fourth-order valence-corrected chi connectivity index (χ4v) is 2.57. The monoisotopic (exact) mass is 344 g/mol. The maximum atomic E-state index is 12.0. The molecule has 2 rings (SSSR count). The number of aryl methyl sites for hydroxylation is 1. The lowest BCUT2D eigenvalue weighted by molar-refractivity contribution is 0.0635. The lowest BCUT2D eigenvalue weighted by atomic mass is 9.97. The summed E-state index contributed by atoms with van der Waals surface area (Å²) in [7, 11) is 0. The van der Waals surface area contributed by atoms with Gasteiger partial charge >= 0.3 is 6.09 Å². The number of aromatic nitrogens is 1. The molecule has 0 aliphatic heterocycles. The minimum Gasteiger partial charge on any atom is -0.444 e. The highest BCUT2D eigenvalue weighted by Crippen LogP contribution is 2.32. The highest BCUT2D eigenvalue weighted by Gasteiger charge is 2.18. The quantitative estimate of drug-likeness (QED) is 0.776. The SMILES string of the molecule is C=Cc1c(-c2ccc(Cl)cc2C)ccnc1NC(=O)OC(C)(C)C. The smallest absolute Gasteiger partial charge is 0.413 e. The van der Waals surface area contributed by atoms with Gasteiger partial charge in [-0.3, -0.25) is 5.32 Å². The van der Waals surface area contributed by atoms with E-state index in [0.29, 0.717) is 10.8 Å². The molecule has 0 saturated carbocycles. The second kappa shape index (κ2) is 7.05. The molecule has 126 valence electrons. The summed E-state index contributed by atoms with van der Waals surface area (Å²) in [5.41, 5.74) is 3.10. The van der Waals surface area contributed by atoms with Gasteiger partial charge in [-0.2, -0.15) is 0 Å². The lowest BCUT2D eigenvalue weighted by Gasteiger charge is -2.20. The molecule has 4 nitrogen and oxygen atoms in total. The first-order chi connectivity index (χ1) is 11.2. The van der Waals surface area contributed by atoms with E-state index in [2.05, 4.69) is 16.9 Å². The summed E-state index contributed by atoms with van der Waals surface area (Å²) in [6.45, 7) is 11.3. The molecule has 0 atom stereocenters. The van der Waals surface area contributed by atoms with Gasteiger partial charge < -0.3 is 4.74 Å². The number of hydrogen-bond donors (Lipinski definition) is 1. The van der Waals surface area contributed by atoms with Crippen molar-refractivity contribution in [1.82, 2.24) is 4.98 Å². The van der Waals surface area contributed by atoms with E-state index in [1.54, 1.807) is 12.3 Å². The Bertz CT molecular complexity index is 779. The first-order valence-corrected chi connectivity index (χ1v) is 7.97. The molecule has 0 unspecified atom stereocenters. The maximum absolute atomic E-state index is 12.0. The number of pyridine rings is 1. The Morgan fingerprint density at radius 1 is 1.29 bits per heavy atom. The average molecular weight is 345 g/mol. The van der Waals surface area contributed by atoms with Crippen LogP contribution in [-0.4, -0.2) is 16.7 Å². The van der Waals surface area contributed by atoms with Gasteiger partial charge in [-0.05, 0) is 62.6 Å². The lowest BCUT2D eigenvalue weighted by Crippen LogP contribution is -2.27. The third-order valence-corrected chi connectivity index (χ3v) is 3.53. The van der Waals surface area contributed by atoms with Crippen molar-refractivity contribution >= 4 is 29.6 Å². The Morgan fingerprint density at radius 3 is 2.58 bits per heavy atom. The highest BCUT2D eigenvalue weighted by molar-refractivity contribution is 6.30. The average Bonchev–Trinajstić information content (AvgIpc) is 2.45. The Balaban J connectivity index is 2.42. The summed E-state index contributed by atoms with van der Waals surface area (Å²) in [6, 6.07) is 7.55. The van der Waals surface area contributed by atoms with E-state index in [1.807, 2.05) is 52.0 Å². The normalized spacial score (nSPS) is 11.0. The molecule has 1 amide bonds. The molecule has 0 bridgehead atoms. The molecule has 24 heavy (non-hydrogen) atoms. The van der Waals surface area contributed by atoms with Crippen LogP contribution in [0.3, 0.4) is 0 Å². The van der Waals surface area contributed by atoms with Crippen molar-refractivity contribution < 1.29 is 9.53 Å². The standard InChI is InChI=1S/C19H21ClN2O2/c1-6-14-16(15-8-7-13(20)11-12(15)2)9-10-21-17(14)22-18(23)24-19(3,4)5/h6-11H,1H2,2-5H3,(H,21,22,23). The first kappa shape index (κ1) is 18.0. The minimum absolute atomic E-state index is 0.408. The third kappa shape index (κ3) is 4.36. The van der Waals surface area contributed by atoms with E-state index < -0.39 is 11.7 Å². The molecule has 1 aromatic carbocycles. The predicted octanol–water partition coefficient (Wildman–Crippen LogP) is 5.70. The van der Waals surface area contributed by atoms with Crippen LogP contribution in [0.25, 0.3) is 17.2 Å². The third-order valence-electron chi connectivity index (χ3n) is 3.29. The van der Waals surface area contributed by atoms with Crippen molar-refractivity contribution in [2.24, 2.45) is 0 Å². The zero-order valence-electron chi connectivity index (χ0n) is 14.3. The van der Waals surface area contributed by atoms with Crippen LogP contribution in [0, 0.1) is 6.92 Å². The Hall–Kier alpha value is -2.33. The van der Waals surface area contributed by atoms with E-state index in [9.17, 15) is 4.79 Å². The number of nitrogens with one attached hydrogen (secondary N) is 1.